The molecule has 0 unspecified atom stereocenters. The summed E-state index contributed by atoms with van der Waals surface area (Å²) in [7, 11) is 0. The summed E-state index contributed by atoms with van der Waals surface area (Å²) in [6.45, 7) is 4.65. The number of rotatable bonds is 4. The number of furan rings is 1. The first-order valence-corrected chi connectivity index (χ1v) is 14.2. The van der Waals surface area contributed by atoms with Crippen molar-refractivity contribution in [3.05, 3.63) is 145 Å². The Kier molecular flexibility index (Phi) is 5.20. The molecule has 0 bridgehead atoms. The maximum absolute atomic E-state index is 6.64. The largest absolute Gasteiger partial charge is 0.455 e. The van der Waals surface area contributed by atoms with Crippen LogP contribution in [0, 0.1) is 0 Å². The molecule has 196 valence electrons. The van der Waals surface area contributed by atoms with E-state index in [4.69, 9.17) is 4.42 Å². The van der Waals surface area contributed by atoms with E-state index in [1.807, 2.05) is 6.07 Å². The van der Waals surface area contributed by atoms with Gasteiger partial charge in [0.05, 0.1) is 0 Å². The third-order valence-corrected chi connectivity index (χ3v) is 8.67. The highest BCUT2D eigenvalue weighted by atomic mass is 16.3. The maximum atomic E-state index is 6.64. The molecule has 2 nitrogen and oxygen atoms in total. The van der Waals surface area contributed by atoms with E-state index in [2.05, 4.69) is 147 Å². The molecule has 41 heavy (non-hydrogen) atoms. The van der Waals surface area contributed by atoms with Gasteiger partial charge >= 0.3 is 0 Å². The third kappa shape index (κ3) is 3.72. The second-order valence-corrected chi connectivity index (χ2v) is 11.5. The van der Waals surface area contributed by atoms with Crippen molar-refractivity contribution in [3.8, 4) is 33.4 Å². The number of anilines is 2. The molecule has 7 aromatic rings. The smallest absolute Gasteiger partial charge is 0.144 e. The molecular formula is C39H29NO. The van der Waals surface area contributed by atoms with Crippen LogP contribution in [0.4, 0.5) is 11.4 Å². The predicted molar refractivity (Wildman–Crippen MR) is 172 cm³/mol. The van der Waals surface area contributed by atoms with Gasteiger partial charge in [0.1, 0.15) is 11.2 Å². The zero-order valence-corrected chi connectivity index (χ0v) is 23.1. The van der Waals surface area contributed by atoms with Crippen LogP contribution >= 0.6 is 0 Å². The van der Waals surface area contributed by atoms with Gasteiger partial charge in [-0.25, -0.2) is 0 Å². The summed E-state index contributed by atoms with van der Waals surface area (Å²) in [5.41, 5.74) is 13.9. The molecular weight excluding hydrogens is 498 g/mol. The van der Waals surface area contributed by atoms with Crippen molar-refractivity contribution in [2.45, 2.75) is 19.3 Å². The highest BCUT2D eigenvalue weighted by Gasteiger charge is 2.38. The third-order valence-electron chi connectivity index (χ3n) is 8.67. The molecule has 0 spiro atoms. The second-order valence-electron chi connectivity index (χ2n) is 11.5. The van der Waals surface area contributed by atoms with E-state index in [0.717, 1.165) is 27.9 Å². The molecule has 0 fully saturated rings. The van der Waals surface area contributed by atoms with Gasteiger partial charge in [-0.2, -0.15) is 0 Å². The summed E-state index contributed by atoms with van der Waals surface area (Å²) in [5.74, 6) is 0. The lowest BCUT2D eigenvalue weighted by molar-refractivity contribution is 0.653. The minimum absolute atomic E-state index is 0.110. The summed E-state index contributed by atoms with van der Waals surface area (Å²) in [4.78, 5) is 0. The highest BCUT2D eigenvalue weighted by Crippen LogP contribution is 2.54. The molecule has 0 aliphatic heterocycles. The van der Waals surface area contributed by atoms with Crippen molar-refractivity contribution >= 4 is 33.3 Å². The van der Waals surface area contributed by atoms with Gasteiger partial charge in [0.25, 0.3) is 0 Å². The van der Waals surface area contributed by atoms with Crippen LogP contribution in [0.25, 0.3) is 55.3 Å². The van der Waals surface area contributed by atoms with E-state index in [9.17, 15) is 0 Å². The molecule has 0 saturated heterocycles. The fraction of sp³-hybridized carbons (Fsp3) is 0.0769. The zero-order valence-electron chi connectivity index (χ0n) is 23.1. The molecule has 0 saturated carbocycles. The average molecular weight is 528 g/mol. The number of benzene rings is 6. The second kappa shape index (κ2) is 8.97. The van der Waals surface area contributed by atoms with E-state index in [-0.39, 0.29) is 5.41 Å². The molecule has 0 amide bonds. The van der Waals surface area contributed by atoms with E-state index < -0.39 is 0 Å². The molecule has 1 heterocycles. The van der Waals surface area contributed by atoms with Crippen molar-refractivity contribution in [3.63, 3.8) is 0 Å². The SMILES string of the molecule is CC1(C)c2ccccc2-c2c1cc(-c1ccc(Nc3ccc(-c4ccccc4)cc3)cc1)c1c2oc2ccccc21. The van der Waals surface area contributed by atoms with Crippen LogP contribution in [0.1, 0.15) is 25.0 Å². The topological polar surface area (TPSA) is 25.2 Å². The van der Waals surface area contributed by atoms with Crippen LogP contribution < -0.4 is 5.32 Å². The van der Waals surface area contributed by atoms with Crippen molar-refractivity contribution in [1.29, 1.82) is 0 Å². The molecule has 1 aliphatic rings. The predicted octanol–water partition coefficient (Wildman–Crippen LogP) is 11.0. The van der Waals surface area contributed by atoms with Gasteiger partial charge in [-0.1, -0.05) is 111 Å². The lowest BCUT2D eigenvalue weighted by Crippen LogP contribution is -2.15. The number of hydrogen-bond acceptors (Lipinski definition) is 2. The van der Waals surface area contributed by atoms with Crippen LogP contribution in [0.3, 0.4) is 0 Å². The number of nitrogens with one attached hydrogen (secondary N) is 1. The van der Waals surface area contributed by atoms with Crippen molar-refractivity contribution in [2.24, 2.45) is 0 Å². The van der Waals surface area contributed by atoms with Crippen molar-refractivity contribution in [2.75, 3.05) is 5.32 Å². The molecule has 1 aromatic heterocycles. The maximum Gasteiger partial charge on any atom is 0.144 e. The number of fused-ring (bicyclic) bond motifs is 7. The van der Waals surface area contributed by atoms with Gasteiger partial charge in [-0.3, -0.25) is 0 Å². The van der Waals surface area contributed by atoms with E-state index in [0.29, 0.717) is 0 Å². The highest BCUT2D eigenvalue weighted by molar-refractivity contribution is 6.18. The monoisotopic (exact) mass is 527 g/mol. The van der Waals surface area contributed by atoms with E-state index in [1.165, 1.54) is 49.9 Å². The Morgan fingerprint density at radius 3 is 1.90 bits per heavy atom. The first-order chi connectivity index (χ1) is 20.1. The lowest BCUT2D eigenvalue weighted by Gasteiger charge is -2.22. The van der Waals surface area contributed by atoms with Gasteiger partial charge < -0.3 is 9.73 Å². The Balaban J connectivity index is 1.21. The molecule has 0 radical (unpaired) electrons. The fourth-order valence-corrected chi connectivity index (χ4v) is 6.56. The number of hydrogen-bond donors (Lipinski definition) is 1. The number of para-hydroxylation sites is 1. The molecule has 1 aliphatic carbocycles. The van der Waals surface area contributed by atoms with Crippen LogP contribution in [-0.2, 0) is 5.41 Å². The normalized spacial score (nSPS) is 13.3. The van der Waals surface area contributed by atoms with Gasteiger partial charge in [0.2, 0.25) is 0 Å². The standard InChI is InChI=1S/C39H29NO/c1-39(2)33-14-8-6-12-30(33)37-34(39)24-32(36-31-13-7-9-15-35(31)41-38(36)37)27-18-22-29(23-19-27)40-28-20-16-26(17-21-28)25-10-4-3-5-11-25/h3-24,40H,1-2H3. The molecule has 8 rings (SSSR count). The Labute approximate surface area is 239 Å². The van der Waals surface area contributed by atoms with Crippen molar-refractivity contribution < 1.29 is 4.42 Å². The van der Waals surface area contributed by atoms with Gasteiger partial charge in [0.15, 0.2) is 0 Å². The fourth-order valence-electron chi connectivity index (χ4n) is 6.56. The zero-order chi connectivity index (χ0) is 27.6. The van der Waals surface area contributed by atoms with E-state index >= 15 is 0 Å². The van der Waals surface area contributed by atoms with Gasteiger partial charge in [-0.15, -0.1) is 0 Å². The first kappa shape index (κ1) is 23.8. The van der Waals surface area contributed by atoms with Crippen LogP contribution in [-0.4, -0.2) is 0 Å². The summed E-state index contributed by atoms with van der Waals surface area (Å²) in [6.07, 6.45) is 0. The van der Waals surface area contributed by atoms with Crippen molar-refractivity contribution in [1.82, 2.24) is 0 Å². The summed E-state index contributed by atoms with van der Waals surface area (Å²) in [6, 6.07) is 47.4. The minimum Gasteiger partial charge on any atom is -0.455 e. The minimum atomic E-state index is -0.110. The van der Waals surface area contributed by atoms with Crippen LogP contribution in [0.5, 0.6) is 0 Å². The lowest BCUT2D eigenvalue weighted by atomic mass is 9.81. The summed E-state index contributed by atoms with van der Waals surface area (Å²) >= 11 is 0. The molecule has 2 heteroatoms. The Hall–Kier alpha value is -5.08. The van der Waals surface area contributed by atoms with Gasteiger partial charge in [-0.05, 0) is 75.3 Å². The van der Waals surface area contributed by atoms with Crippen LogP contribution in [0.2, 0.25) is 0 Å². The average Bonchev–Trinajstić information content (AvgIpc) is 3.51. The Bertz CT molecular complexity index is 2060. The van der Waals surface area contributed by atoms with Crippen LogP contribution in [0.15, 0.2) is 138 Å². The molecule has 1 N–H and O–H groups in total. The quantitative estimate of drug-likeness (QED) is 0.246. The molecule has 0 atom stereocenters. The Morgan fingerprint density at radius 2 is 1.15 bits per heavy atom. The first-order valence-electron chi connectivity index (χ1n) is 14.2. The van der Waals surface area contributed by atoms with Gasteiger partial charge in [0, 0.05) is 33.1 Å². The summed E-state index contributed by atoms with van der Waals surface area (Å²) in [5, 5.41) is 5.91. The molecule has 6 aromatic carbocycles. The van der Waals surface area contributed by atoms with E-state index in [1.54, 1.807) is 0 Å². The summed E-state index contributed by atoms with van der Waals surface area (Å²) < 4.78 is 6.64. The Morgan fingerprint density at radius 1 is 0.537 bits per heavy atom.